The fraction of sp³-hybridized carbons (Fsp3) is 0.475. The van der Waals surface area contributed by atoms with Gasteiger partial charge in [0.15, 0.2) is 5.78 Å². The van der Waals surface area contributed by atoms with Gasteiger partial charge < -0.3 is 5.11 Å². The third kappa shape index (κ3) is 11.0. The van der Waals surface area contributed by atoms with Gasteiger partial charge in [0.2, 0.25) is 0 Å². The van der Waals surface area contributed by atoms with Crippen LogP contribution in [0, 0.1) is 10.8 Å². The number of aliphatic hydroxyl groups excluding tert-OH is 1. The highest BCUT2D eigenvalue weighted by Gasteiger charge is 2.36. The number of Topliss-reactive ketones (excluding diaryl/α,β-unsaturated/α-hetero) is 1. The van der Waals surface area contributed by atoms with Crippen LogP contribution in [0.3, 0.4) is 0 Å². The SMILES string of the molecule is CC1=C(CC/C(C)=C/C=C/C(C)=C/C=C/C=C(C)/C=C/C=C(C)/C=C/C2=C(C)C(=O)[C@@H](O)CC2(C)C)C(C)(C)CCC1. The van der Waals surface area contributed by atoms with E-state index >= 15 is 0 Å². The minimum atomic E-state index is -0.890. The highest BCUT2D eigenvalue weighted by Crippen LogP contribution is 2.43. The van der Waals surface area contributed by atoms with Crippen LogP contribution in [0.1, 0.15) is 108 Å². The quantitative estimate of drug-likeness (QED) is 0.199. The molecule has 2 heteroatoms. The molecule has 0 unspecified atom stereocenters. The minimum Gasteiger partial charge on any atom is -0.385 e. The minimum absolute atomic E-state index is 0.157. The maximum atomic E-state index is 12.2. The van der Waals surface area contributed by atoms with E-state index in [0.29, 0.717) is 17.4 Å². The highest BCUT2D eigenvalue weighted by molar-refractivity contribution is 6.00. The lowest BCUT2D eigenvalue weighted by molar-refractivity contribution is -0.125. The van der Waals surface area contributed by atoms with Crippen molar-refractivity contribution in [3.05, 3.63) is 117 Å². The highest BCUT2D eigenvalue weighted by atomic mass is 16.3. The molecule has 0 saturated carbocycles. The van der Waals surface area contributed by atoms with Crippen LogP contribution in [-0.2, 0) is 4.79 Å². The number of allylic oxidation sites excluding steroid dienone is 19. The normalized spacial score (nSPS) is 23.1. The zero-order chi connectivity index (χ0) is 31.5. The summed E-state index contributed by atoms with van der Waals surface area (Å²) in [6.45, 7) is 21.6. The lowest BCUT2D eigenvalue weighted by Crippen LogP contribution is -2.35. The van der Waals surface area contributed by atoms with E-state index in [4.69, 9.17) is 0 Å². The molecular weight excluding hydrogens is 512 g/mol. The number of carbonyl (C=O) groups excluding carboxylic acids is 1. The van der Waals surface area contributed by atoms with E-state index < -0.39 is 6.10 Å². The molecule has 0 spiro atoms. The molecule has 228 valence electrons. The molecule has 2 aliphatic carbocycles. The number of rotatable bonds is 11. The van der Waals surface area contributed by atoms with Gasteiger partial charge in [0, 0.05) is 0 Å². The third-order valence-electron chi connectivity index (χ3n) is 8.76. The maximum Gasteiger partial charge on any atom is 0.187 e. The molecule has 2 aliphatic rings. The average Bonchev–Trinajstić information content (AvgIpc) is 2.88. The van der Waals surface area contributed by atoms with Gasteiger partial charge in [-0.25, -0.2) is 0 Å². The van der Waals surface area contributed by atoms with E-state index in [1.54, 1.807) is 11.1 Å². The Hall–Kier alpha value is -2.97. The van der Waals surface area contributed by atoms with E-state index in [2.05, 4.69) is 117 Å². The summed E-state index contributed by atoms with van der Waals surface area (Å²) < 4.78 is 0. The van der Waals surface area contributed by atoms with Gasteiger partial charge in [-0.15, -0.1) is 0 Å². The zero-order valence-corrected chi connectivity index (χ0v) is 28.1. The molecule has 0 aliphatic heterocycles. The molecule has 2 rings (SSSR count). The topological polar surface area (TPSA) is 37.3 Å². The van der Waals surface area contributed by atoms with Crippen LogP contribution in [-0.4, -0.2) is 17.0 Å². The third-order valence-corrected chi connectivity index (χ3v) is 8.76. The van der Waals surface area contributed by atoms with Crippen molar-refractivity contribution in [1.82, 2.24) is 0 Å². The van der Waals surface area contributed by atoms with Gasteiger partial charge in [0.25, 0.3) is 0 Å². The monoisotopic (exact) mass is 568 g/mol. The Labute approximate surface area is 257 Å². The molecule has 1 atom stereocenters. The molecule has 0 aromatic carbocycles. The van der Waals surface area contributed by atoms with Crippen LogP contribution < -0.4 is 0 Å². The van der Waals surface area contributed by atoms with Crippen molar-refractivity contribution in [3.63, 3.8) is 0 Å². The summed E-state index contributed by atoms with van der Waals surface area (Å²) in [6.07, 6.45) is 31.1. The van der Waals surface area contributed by atoms with Crippen molar-refractivity contribution in [2.75, 3.05) is 0 Å². The lowest BCUT2D eigenvalue weighted by Gasteiger charge is -2.34. The van der Waals surface area contributed by atoms with Crippen LogP contribution in [0.15, 0.2) is 117 Å². The van der Waals surface area contributed by atoms with E-state index in [0.717, 1.165) is 23.1 Å². The number of ketones is 1. The van der Waals surface area contributed by atoms with Gasteiger partial charge in [-0.3, -0.25) is 4.79 Å². The fourth-order valence-electron chi connectivity index (χ4n) is 6.07. The summed E-state index contributed by atoms with van der Waals surface area (Å²) in [4.78, 5) is 12.2. The van der Waals surface area contributed by atoms with E-state index in [1.165, 1.54) is 36.8 Å². The van der Waals surface area contributed by atoms with Gasteiger partial charge >= 0.3 is 0 Å². The molecule has 0 aromatic heterocycles. The molecule has 0 saturated heterocycles. The first-order chi connectivity index (χ1) is 19.6. The Bertz CT molecular complexity index is 1290. The molecule has 0 amide bonds. The second kappa shape index (κ2) is 16.0. The Kier molecular flexibility index (Phi) is 13.4. The first kappa shape index (κ1) is 35.2. The molecule has 1 N–H and O–H groups in total. The Morgan fingerprint density at radius 1 is 0.810 bits per heavy atom. The van der Waals surface area contributed by atoms with Crippen LogP contribution in [0.2, 0.25) is 0 Å². The predicted octanol–water partition coefficient (Wildman–Crippen LogP) is 11.0. The van der Waals surface area contributed by atoms with E-state index in [-0.39, 0.29) is 11.2 Å². The van der Waals surface area contributed by atoms with Crippen molar-refractivity contribution >= 4 is 5.78 Å². The molecule has 2 nitrogen and oxygen atoms in total. The van der Waals surface area contributed by atoms with Gasteiger partial charge in [0.1, 0.15) is 6.10 Å². The first-order valence-corrected chi connectivity index (χ1v) is 15.7. The molecule has 0 heterocycles. The molecule has 0 bridgehead atoms. The molecule has 0 aromatic rings. The lowest BCUT2D eigenvalue weighted by atomic mass is 9.71. The second-order valence-corrected chi connectivity index (χ2v) is 13.7. The van der Waals surface area contributed by atoms with Crippen molar-refractivity contribution in [2.24, 2.45) is 10.8 Å². The maximum absolute atomic E-state index is 12.2. The Morgan fingerprint density at radius 2 is 1.36 bits per heavy atom. The standard InChI is InChI=1S/C40H56O2/c1-29(18-13-20-31(3)23-25-35-33(5)22-15-27-39(35,7)8)16-11-12-17-30(2)19-14-21-32(4)24-26-36-34(6)38(42)37(41)28-40(36,9)10/h11-14,16-21,24,26,37,41H,15,22-23,25,27-28H2,1-10H3/b12-11+,18-13+,19-14+,26-24+,29-16+,30-17+,31-20+,32-21+/t37-/m0/s1. The van der Waals surface area contributed by atoms with Crippen LogP contribution >= 0.6 is 0 Å². The van der Waals surface area contributed by atoms with Crippen LogP contribution in [0.5, 0.6) is 0 Å². The predicted molar refractivity (Wildman–Crippen MR) is 183 cm³/mol. The zero-order valence-electron chi connectivity index (χ0n) is 28.1. The van der Waals surface area contributed by atoms with Crippen molar-refractivity contribution in [1.29, 1.82) is 0 Å². The smallest absolute Gasteiger partial charge is 0.187 e. The summed E-state index contributed by atoms with van der Waals surface area (Å²) >= 11 is 0. The van der Waals surface area contributed by atoms with Crippen molar-refractivity contribution in [3.8, 4) is 0 Å². The van der Waals surface area contributed by atoms with Gasteiger partial charge in [-0.1, -0.05) is 134 Å². The average molecular weight is 569 g/mol. The number of hydrogen-bond donors (Lipinski definition) is 1. The van der Waals surface area contributed by atoms with E-state index in [1.807, 2.05) is 25.2 Å². The van der Waals surface area contributed by atoms with Crippen molar-refractivity contribution in [2.45, 2.75) is 114 Å². The first-order valence-electron chi connectivity index (χ1n) is 15.7. The number of hydrogen-bond acceptors (Lipinski definition) is 2. The summed E-state index contributed by atoms with van der Waals surface area (Å²) in [5.41, 5.74) is 10.0. The summed E-state index contributed by atoms with van der Waals surface area (Å²) in [5, 5.41) is 10.0. The summed E-state index contributed by atoms with van der Waals surface area (Å²) in [5.74, 6) is -0.157. The Morgan fingerprint density at radius 3 is 1.95 bits per heavy atom. The molecular formula is C40H56O2. The molecule has 0 fully saturated rings. The number of carbonyl (C=O) groups is 1. The van der Waals surface area contributed by atoms with Crippen LogP contribution in [0.4, 0.5) is 0 Å². The van der Waals surface area contributed by atoms with Crippen molar-refractivity contribution < 1.29 is 9.90 Å². The molecule has 42 heavy (non-hydrogen) atoms. The largest absolute Gasteiger partial charge is 0.385 e. The van der Waals surface area contributed by atoms with Gasteiger partial charge in [-0.05, 0) is 102 Å². The number of aliphatic hydroxyl groups is 1. The summed E-state index contributed by atoms with van der Waals surface area (Å²) in [6, 6.07) is 0. The molecule has 0 radical (unpaired) electrons. The summed E-state index contributed by atoms with van der Waals surface area (Å²) in [7, 11) is 0. The van der Waals surface area contributed by atoms with Gasteiger partial charge in [0.05, 0.1) is 0 Å². The van der Waals surface area contributed by atoms with Gasteiger partial charge in [-0.2, -0.15) is 0 Å². The van der Waals surface area contributed by atoms with E-state index in [9.17, 15) is 9.90 Å². The second-order valence-electron chi connectivity index (χ2n) is 13.7. The fourth-order valence-corrected chi connectivity index (χ4v) is 6.07. The van der Waals surface area contributed by atoms with Crippen LogP contribution in [0.25, 0.3) is 0 Å². The Balaban J connectivity index is 1.88.